The second-order valence-corrected chi connectivity index (χ2v) is 11.2. The molecule has 1 N–H and O–H groups in total. The van der Waals surface area contributed by atoms with Gasteiger partial charge in [-0.25, -0.2) is 0 Å². The molecular weight excluding hydrogens is 543 g/mol. The van der Waals surface area contributed by atoms with Crippen LogP contribution in [0, 0.1) is 5.92 Å². The number of carbonyl (C=O) groups excluding carboxylic acids is 3. The Kier molecular flexibility index (Phi) is 5.70. The molecule has 1 spiro atoms. The van der Waals surface area contributed by atoms with Crippen LogP contribution in [0.5, 0.6) is 0 Å². The van der Waals surface area contributed by atoms with Crippen LogP contribution in [0.25, 0.3) is 6.08 Å². The van der Waals surface area contributed by atoms with Crippen molar-refractivity contribution < 1.29 is 14.4 Å². The van der Waals surface area contributed by atoms with Gasteiger partial charge in [0.15, 0.2) is 11.6 Å². The van der Waals surface area contributed by atoms with Crippen LogP contribution in [-0.4, -0.2) is 28.4 Å². The summed E-state index contributed by atoms with van der Waals surface area (Å²) in [6.07, 6.45) is 3.80. The van der Waals surface area contributed by atoms with Crippen molar-refractivity contribution in [3.63, 3.8) is 0 Å². The van der Waals surface area contributed by atoms with Gasteiger partial charge in [0.05, 0.1) is 12.0 Å². The Bertz CT molecular complexity index is 1730. The lowest BCUT2D eigenvalue weighted by atomic mass is 9.62. The molecule has 1 fully saturated rings. The predicted molar refractivity (Wildman–Crippen MR) is 156 cm³/mol. The average Bonchev–Trinajstić information content (AvgIpc) is 3.45. The van der Waals surface area contributed by atoms with Crippen molar-refractivity contribution in [2.24, 2.45) is 5.92 Å². The Morgan fingerprint density at radius 1 is 0.750 bits per heavy atom. The molecular formula is C33H22Cl2N2O3. The molecule has 1 amide bonds. The monoisotopic (exact) mass is 564 g/mol. The fraction of sp³-hybridized carbons (Fsp3) is 0.121. The Balaban J connectivity index is 1.53. The van der Waals surface area contributed by atoms with E-state index in [4.69, 9.17) is 23.2 Å². The summed E-state index contributed by atoms with van der Waals surface area (Å²) < 4.78 is 0. The number of amides is 1. The summed E-state index contributed by atoms with van der Waals surface area (Å²) in [5, 5.41) is 4.05. The maximum Gasteiger partial charge on any atom is 0.238 e. The molecule has 7 heteroatoms. The molecule has 4 atom stereocenters. The van der Waals surface area contributed by atoms with Gasteiger partial charge in [0.25, 0.3) is 0 Å². The molecule has 1 saturated heterocycles. The highest BCUT2D eigenvalue weighted by atomic mass is 35.5. The number of para-hydroxylation sites is 1. The molecule has 0 aromatic heterocycles. The number of hydrogen-bond donors (Lipinski definition) is 1. The lowest BCUT2D eigenvalue weighted by Gasteiger charge is -2.38. The highest BCUT2D eigenvalue weighted by molar-refractivity contribution is 6.31. The Morgan fingerprint density at radius 3 is 2.05 bits per heavy atom. The number of carbonyl (C=O) groups is 3. The number of nitrogens with zero attached hydrogens (tertiary/aromatic N) is 1. The number of hydrogen-bond acceptors (Lipinski definition) is 4. The quantitative estimate of drug-likeness (QED) is 0.272. The number of anilines is 1. The van der Waals surface area contributed by atoms with Crippen LogP contribution < -0.4 is 5.32 Å². The Labute approximate surface area is 241 Å². The lowest BCUT2D eigenvalue weighted by Crippen LogP contribution is -2.49. The van der Waals surface area contributed by atoms with E-state index in [0.717, 1.165) is 11.1 Å². The van der Waals surface area contributed by atoms with E-state index in [1.165, 1.54) is 0 Å². The third-order valence-electron chi connectivity index (χ3n) is 8.38. The van der Waals surface area contributed by atoms with E-state index in [-0.39, 0.29) is 17.5 Å². The summed E-state index contributed by atoms with van der Waals surface area (Å²) >= 11 is 12.3. The van der Waals surface area contributed by atoms with Crippen molar-refractivity contribution >= 4 is 52.4 Å². The highest BCUT2D eigenvalue weighted by Crippen LogP contribution is 2.62. The molecule has 196 valence electrons. The maximum absolute atomic E-state index is 14.7. The zero-order valence-electron chi connectivity index (χ0n) is 21.1. The maximum atomic E-state index is 14.7. The molecule has 0 unspecified atom stereocenters. The van der Waals surface area contributed by atoms with Gasteiger partial charge in [-0.15, -0.1) is 0 Å². The summed E-state index contributed by atoms with van der Waals surface area (Å²) in [6.45, 7) is 0. The summed E-state index contributed by atoms with van der Waals surface area (Å²) in [4.78, 5) is 45.5. The van der Waals surface area contributed by atoms with Crippen molar-refractivity contribution in [3.05, 3.63) is 141 Å². The molecule has 3 aliphatic rings. The van der Waals surface area contributed by atoms with Crippen molar-refractivity contribution in [2.45, 2.75) is 17.5 Å². The number of Topliss-reactive ketones (excluding diaryl/α,β-unsaturated/α-hetero) is 2. The molecule has 0 bridgehead atoms. The van der Waals surface area contributed by atoms with Crippen LogP contribution >= 0.6 is 23.2 Å². The van der Waals surface area contributed by atoms with Gasteiger partial charge in [0.2, 0.25) is 5.91 Å². The molecule has 5 nitrogen and oxygen atoms in total. The van der Waals surface area contributed by atoms with Crippen LogP contribution in [0.4, 0.5) is 5.69 Å². The first-order valence-electron chi connectivity index (χ1n) is 13.0. The van der Waals surface area contributed by atoms with Crippen molar-refractivity contribution in [1.29, 1.82) is 0 Å². The molecule has 0 aliphatic carbocycles. The standard InChI is InChI=1S/C33H22Cl2N2O3/c34-22-13-9-20(10-14-22)29(38)27-28(30(39)21-11-15-23(35)16-12-21)37-18-17-19-5-1-2-6-24(19)31(37)33(27)25-7-3-4-8-26(25)36-32(33)40/h1-18,27-28,31H,(H,36,40)/t27-,28+,31+,33+/m1/s1. The number of benzene rings is 4. The second-order valence-electron chi connectivity index (χ2n) is 10.3. The third kappa shape index (κ3) is 3.44. The third-order valence-corrected chi connectivity index (χ3v) is 8.88. The smallest absolute Gasteiger partial charge is 0.238 e. The van der Waals surface area contributed by atoms with Gasteiger partial charge in [-0.3, -0.25) is 14.4 Å². The number of nitrogens with one attached hydrogen (secondary N) is 1. The molecule has 0 saturated carbocycles. The van der Waals surface area contributed by atoms with E-state index in [0.29, 0.717) is 32.4 Å². The van der Waals surface area contributed by atoms with Crippen LogP contribution in [0.2, 0.25) is 10.0 Å². The second kappa shape index (κ2) is 9.19. The highest BCUT2D eigenvalue weighted by Gasteiger charge is 2.70. The average molecular weight is 565 g/mol. The first-order chi connectivity index (χ1) is 19.4. The fourth-order valence-corrected chi connectivity index (χ4v) is 7.00. The SMILES string of the molecule is O=C(c1ccc(Cl)cc1)[C@@H]1[C@H](C(=O)c2ccc(Cl)cc2)[C@]2(C(=O)Nc3ccccc32)[C@@H]2c3ccccc3C=CN12. The van der Waals surface area contributed by atoms with Crippen LogP contribution in [-0.2, 0) is 10.2 Å². The minimum atomic E-state index is -1.37. The van der Waals surface area contributed by atoms with Crippen LogP contribution in [0.15, 0.2) is 103 Å². The van der Waals surface area contributed by atoms with E-state index in [9.17, 15) is 14.4 Å². The van der Waals surface area contributed by atoms with Gasteiger partial charge in [-0.2, -0.15) is 0 Å². The number of fused-ring (bicyclic) bond motifs is 6. The molecule has 0 radical (unpaired) electrons. The first-order valence-corrected chi connectivity index (χ1v) is 13.7. The van der Waals surface area contributed by atoms with Crippen LogP contribution in [0.1, 0.15) is 43.4 Å². The van der Waals surface area contributed by atoms with Gasteiger partial charge in [-0.05, 0) is 77.4 Å². The van der Waals surface area contributed by atoms with E-state index in [1.807, 2.05) is 65.7 Å². The molecule has 3 aliphatic heterocycles. The van der Waals surface area contributed by atoms with E-state index >= 15 is 0 Å². The zero-order chi connectivity index (χ0) is 27.6. The van der Waals surface area contributed by atoms with Gasteiger partial charge >= 0.3 is 0 Å². The molecule has 40 heavy (non-hydrogen) atoms. The minimum Gasteiger partial charge on any atom is -0.358 e. The van der Waals surface area contributed by atoms with Crippen LogP contribution in [0.3, 0.4) is 0 Å². The molecule has 7 rings (SSSR count). The van der Waals surface area contributed by atoms with Gasteiger partial charge in [0, 0.05) is 33.1 Å². The first kappa shape index (κ1) is 24.8. The molecule has 4 aromatic rings. The number of ketones is 2. The molecule has 3 heterocycles. The van der Waals surface area contributed by atoms with Gasteiger partial charge in [0.1, 0.15) is 11.5 Å². The summed E-state index contributed by atoms with van der Waals surface area (Å²) in [5.74, 6) is -1.89. The Morgan fingerprint density at radius 2 is 1.35 bits per heavy atom. The Hall–Kier alpha value is -4.19. The predicted octanol–water partition coefficient (Wildman–Crippen LogP) is 6.98. The normalized spacial score (nSPS) is 23.9. The van der Waals surface area contributed by atoms with Crippen molar-refractivity contribution in [1.82, 2.24) is 4.90 Å². The fourth-order valence-electron chi connectivity index (χ4n) is 6.75. The zero-order valence-corrected chi connectivity index (χ0v) is 22.6. The van der Waals surface area contributed by atoms with Gasteiger partial charge < -0.3 is 10.2 Å². The summed E-state index contributed by atoms with van der Waals surface area (Å²) in [5.41, 5.74) is 2.61. The van der Waals surface area contributed by atoms with Crippen molar-refractivity contribution in [3.8, 4) is 0 Å². The number of rotatable bonds is 4. The summed E-state index contributed by atoms with van der Waals surface area (Å²) in [6, 6.07) is 27.0. The minimum absolute atomic E-state index is 0.257. The van der Waals surface area contributed by atoms with E-state index in [2.05, 4.69) is 5.32 Å². The lowest BCUT2D eigenvalue weighted by molar-refractivity contribution is -0.122. The van der Waals surface area contributed by atoms with Crippen molar-refractivity contribution in [2.75, 3.05) is 5.32 Å². The molecule has 4 aromatic carbocycles. The van der Waals surface area contributed by atoms with E-state index in [1.54, 1.807) is 48.5 Å². The van der Waals surface area contributed by atoms with E-state index < -0.39 is 23.4 Å². The largest absolute Gasteiger partial charge is 0.358 e. The topological polar surface area (TPSA) is 66.5 Å². The number of halogens is 2. The summed E-state index contributed by atoms with van der Waals surface area (Å²) in [7, 11) is 0. The van der Waals surface area contributed by atoms with Gasteiger partial charge in [-0.1, -0.05) is 65.7 Å².